The Morgan fingerprint density at radius 1 is 0.355 bits per heavy atom. The highest BCUT2D eigenvalue weighted by atomic mass is 16.3. The number of hydrogen-bond acceptors (Lipinski definition) is 5. The molecule has 0 saturated carbocycles. The Labute approximate surface area is 352 Å². The average Bonchev–Trinajstić information content (AvgIpc) is 4.08. The molecule has 5 aromatic heterocycles. The number of nitrogens with zero attached hydrogens (tertiary/aromatic N) is 5. The molecule has 7 nitrogen and oxygen atoms in total. The summed E-state index contributed by atoms with van der Waals surface area (Å²) in [4.78, 5) is 16.1. The van der Waals surface area contributed by atoms with Gasteiger partial charge in [0.15, 0.2) is 17.2 Å². The van der Waals surface area contributed by atoms with Gasteiger partial charge in [-0.25, -0.2) is 4.98 Å². The minimum atomic E-state index is 0.527. The molecule has 0 bridgehead atoms. The molecular weight excluding hydrogens is 763 g/mol. The Morgan fingerprint density at radius 2 is 0.919 bits per heavy atom. The third-order valence-electron chi connectivity index (χ3n) is 12.6. The van der Waals surface area contributed by atoms with Crippen LogP contribution < -0.4 is 0 Å². The van der Waals surface area contributed by atoms with Gasteiger partial charge < -0.3 is 13.4 Å². The van der Waals surface area contributed by atoms with E-state index in [1.807, 2.05) is 42.5 Å². The molecule has 0 radical (unpaired) electrons. The van der Waals surface area contributed by atoms with E-state index in [9.17, 15) is 0 Å². The molecule has 14 rings (SSSR count). The van der Waals surface area contributed by atoms with Crippen LogP contribution in [0.25, 0.3) is 133 Å². The smallest absolute Gasteiger partial charge is 0.238 e. The molecule has 0 aliphatic carbocycles. The molecule has 0 fully saturated rings. The first-order chi connectivity index (χ1) is 30.7. The van der Waals surface area contributed by atoms with Gasteiger partial charge in [0, 0.05) is 54.2 Å². The van der Waals surface area contributed by atoms with Crippen molar-refractivity contribution < 1.29 is 8.83 Å². The topological polar surface area (TPSA) is 74.8 Å². The zero-order chi connectivity index (χ0) is 40.5. The van der Waals surface area contributed by atoms with Crippen molar-refractivity contribution in [1.29, 1.82) is 0 Å². The fourth-order valence-corrected chi connectivity index (χ4v) is 9.81. The summed E-state index contributed by atoms with van der Waals surface area (Å²) < 4.78 is 17.7. The number of hydrogen-bond donors (Lipinski definition) is 0. The summed E-state index contributed by atoms with van der Waals surface area (Å²) in [7, 11) is 0. The van der Waals surface area contributed by atoms with Crippen molar-refractivity contribution in [2.75, 3.05) is 0 Å². The van der Waals surface area contributed by atoms with Gasteiger partial charge in [0.2, 0.25) is 5.95 Å². The Bertz CT molecular complexity index is 4130. The Kier molecular flexibility index (Phi) is 6.71. The number of rotatable bonds is 4. The average molecular weight is 794 g/mol. The van der Waals surface area contributed by atoms with Crippen molar-refractivity contribution in [2.24, 2.45) is 0 Å². The van der Waals surface area contributed by atoms with E-state index >= 15 is 0 Å². The van der Waals surface area contributed by atoms with Crippen molar-refractivity contribution in [3.8, 4) is 34.4 Å². The molecule has 0 unspecified atom stereocenters. The predicted molar refractivity (Wildman–Crippen MR) is 251 cm³/mol. The first-order valence-electron chi connectivity index (χ1n) is 20.8. The van der Waals surface area contributed by atoms with Crippen LogP contribution in [0.3, 0.4) is 0 Å². The highest BCUT2D eigenvalue weighted by Gasteiger charge is 2.24. The van der Waals surface area contributed by atoms with Gasteiger partial charge in [-0.3, -0.25) is 4.57 Å². The number of furan rings is 2. The van der Waals surface area contributed by atoms with Crippen LogP contribution in [0.15, 0.2) is 197 Å². The summed E-state index contributed by atoms with van der Waals surface area (Å²) in [5.41, 5.74) is 10.1. The van der Waals surface area contributed by atoms with Crippen molar-refractivity contribution in [1.82, 2.24) is 24.1 Å². The zero-order valence-corrected chi connectivity index (χ0v) is 33.0. The summed E-state index contributed by atoms with van der Waals surface area (Å²) in [6.45, 7) is 0. The van der Waals surface area contributed by atoms with Crippen LogP contribution in [0.4, 0.5) is 0 Å². The monoisotopic (exact) mass is 793 g/mol. The third-order valence-corrected chi connectivity index (χ3v) is 12.6. The summed E-state index contributed by atoms with van der Waals surface area (Å²) in [6.07, 6.45) is 0. The fraction of sp³-hybridized carbons (Fsp3) is 0. The van der Waals surface area contributed by atoms with Crippen molar-refractivity contribution in [3.05, 3.63) is 188 Å². The van der Waals surface area contributed by atoms with Gasteiger partial charge in [-0.15, -0.1) is 0 Å². The molecule has 0 N–H and O–H groups in total. The number of aromatic nitrogens is 5. The predicted octanol–water partition coefficient (Wildman–Crippen LogP) is 14.4. The van der Waals surface area contributed by atoms with E-state index in [0.717, 1.165) is 93.5 Å². The maximum Gasteiger partial charge on any atom is 0.238 e. The van der Waals surface area contributed by atoms with Gasteiger partial charge in [-0.05, 0) is 83.6 Å². The van der Waals surface area contributed by atoms with E-state index in [2.05, 4.69) is 155 Å². The quantitative estimate of drug-likeness (QED) is 0.177. The summed E-state index contributed by atoms with van der Waals surface area (Å²) >= 11 is 0. The number of para-hydroxylation sites is 5. The fourth-order valence-electron chi connectivity index (χ4n) is 9.81. The van der Waals surface area contributed by atoms with E-state index in [1.54, 1.807) is 0 Å². The lowest BCUT2D eigenvalue weighted by Gasteiger charge is -2.13. The van der Waals surface area contributed by atoms with E-state index in [-0.39, 0.29) is 0 Å². The maximum absolute atomic E-state index is 6.96. The van der Waals surface area contributed by atoms with Crippen LogP contribution in [0.5, 0.6) is 0 Å². The Hall–Kier alpha value is -8.55. The summed E-state index contributed by atoms with van der Waals surface area (Å²) in [6, 6.07) is 65.5. The second kappa shape index (κ2) is 12.5. The molecule has 0 spiro atoms. The van der Waals surface area contributed by atoms with Gasteiger partial charge in [0.1, 0.15) is 16.7 Å². The third kappa shape index (κ3) is 4.67. The van der Waals surface area contributed by atoms with Crippen LogP contribution in [-0.4, -0.2) is 24.1 Å². The first kappa shape index (κ1) is 33.3. The maximum atomic E-state index is 6.96. The Morgan fingerprint density at radius 3 is 1.66 bits per heavy atom. The normalized spacial score (nSPS) is 12.2. The molecule has 288 valence electrons. The molecule has 0 atom stereocenters. The lowest BCUT2D eigenvalue weighted by Crippen LogP contribution is -2.06. The van der Waals surface area contributed by atoms with E-state index in [0.29, 0.717) is 17.6 Å². The zero-order valence-electron chi connectivity index (χ0n) is 33.0. The summed E-state index contributed by atoms with van der Waals surface area (Å²) in [5.74, 6) is 1.62. The van der Waals surface area contributed by atoms with Crippen LogP contribution in [0.2, 0.25) is 0 Å². The Balaban J connectivity index is 1.08. The van der Waals surface area contributed by atoms with Gasteiger partial charge in [0.25, 0.3) is 0 Å². The minimum absolute atomic E-state index is 0.527. The molecule has 7 heteroatoms. The second-order valence-corrected chi connectivity index (χ2v) is 16.0. The van der Waals surface area contributed by atoms with Crippen molar-refractivity contribution in [3.63, 3.8) is 0 Å². The molecule has 14 aromatic rings. The highest BCUT2D eigenvalue weighted by molar-refractivity contribution is 6.18. The largest absolute Gasteiger partial charge is 0.456 e. The minimum Gasteiger partial charge on any atom is -0.456 e. The van der Waals surface area contributed by atoms with E-state index in [4.69, 9.17) is 23.8 Å². The lowest BCUT2D eigenvalue weighted by molar-refractivity contribution is 0.666. The van der Waals surface area contributed by atoms with Crippen molar-refractivity contribution in [2.45, 2.75) is 0 Å². The molecular formula is C55H31N5O2. The number of fused-ring (bicyclic) bond motifs is 13. The molecule has 0 aliphatic heterocycles. The van der Waals surface area contributed by atoms with E-state index in [1.165, 1.54) is 21.5 Å². The van der Waals surface area contributed by atoms with E-state index < -0.39 is 0 Å². The van der Waals surface area contributed by atoms with Crippen LogP contribution in [-0.2, 0) is 0 Å². The molecule has 5 heterocycles. The van der Waals surface area contributed by atoms with Gasteiger partial charge in [-0.2, -0.15) is 9.97 Å². The SMILES string of the molecule is c1ccc2cc3c(cc2c1)c1ccccc1n3-c1ccc(-c2nc(-c3ccc4oc5ccccc5c4c3)nc(-n3c4ccccc4c4ccccc43)n2)c2c1oc1ccccc12. The van der Waals surface area contributed by atoms with Gasteiger partial charge >= 0.3 is 0 Å². The van der Waals surface area contributed by atoms with Crippen molar-refractivity contribution >= 4 is 98.3 Å². The molecule has 0 aliphatic rings. The lowest BCUT2D eigenvalue weighted by atomic mass is 10.0. The number of benzene rings is 9. The van der Waals surface area contributed by atoms with Gasteiger partial charge in [0.05, 0.1) is 27.8 Å². The van der Waals surface area contributed by atoms with Gasteiger partial charge in [-0.1, -0.05) is 115 Å². The first-order valence-corrected chi connectivity index (χ1v) is 20.8. The molecule has 9 aromatic carbocycles. The summed E-state index contributed by atoms with van der Waals surface area (Å²) in [5, 5.41) is 11.0. The second-order valence-electron chi connectivity index (χ2n) is 16.0. The molecule has 62 heavy (non-hydrogen) atoms. The molecule has 0 amide bonds. The standard InChI is InChI=1S/C55H31N5O2/c1-2-14-33-31-47-41(29-32(33)13-1)37-17-5-8-20-43(37)59(47)46-27-26-40(51-39-19-7-12-24-49(39)62-52(46)51)54-56-53(34-25-28-50-42(30-34)38-18-6-11-23-48(38)61-50)57-55(58-54)60-44-21-9-3-15-35(44)36-16-4-10-22-45(36)60/h1-31H. The van der Waals surface area contributed by atoms with Crippen LogP contribution in [0, 0.1) is 0 Å². The van der Waals surface area contributed by atoms with Crippen LogP contribution in [0.1, 0.15) is 0 Å². The highest BCUT2D eigenvalue weighted by Crippen LogP contribution is 2.43. The van der Waals surface area contributed by atoms with Crippen LogP contribution >= 0.6 is 0 Å². The molecule has 0 saturated heterocycles.